The van der Waals surface area contributed by atoms with Crippen molar-refractivity contribution in [2.75, 3.05) is 12.4 Å². The Balaban J connectivity index is 1.75. The van der Waals surface area contributed by atoms with E-state index in [4.69, 9.17) is 4.74 Å². The average Bonchev–Trinajstić information content (AvgIpc) is 2.57. The first-order valence-corrected chi connectivity index (χ1v) is 9.94. The van der Waals surface area contributed by atoms with Crippen LogP contribution in [0.25, 0.3) is 0 Å². The SMILES string of the molecule is CCOc1ccc(CN[C@H]2CCS(=O)(=O)c3ccccc32)cc1C. The summed E-state index contributed by atoms with van der Waals surface area (Å²) >= 11 is 0. The lowest BCUT2D eigenvalue weighted by atomic mass is 10.0. The van der Waals surface area contributed by atoms with Crippen molar-refractivity contribution in [2.24, 2.45) is 0 Å². The normalized spacial score (nSPS) is 18.8. The summed E-state index contributed by atoms with van der Waals surface area (Å²) < 4.78 is 30.0. The molecule has 0 radical (unpaired) electrons. The van der Waals surface area contributed by atoms with Gasteiger partial charge in [0.2, 0.25) is 0 Å². The van der Waals surface area contributed by atoms with Gasteiger partial charge in [0.15, 0.2) is 9.84 Å². The maximum atomic E-state index is 12.2. The molecule has 4 nitrogen and oxygen atoms in total. The van der Waals surface area contributed by atoms with Gasteiger partial charge in [-0.1, -0.05) is 30.3 Å². The van der Waals surface area contributed by atoms with Gasteiger partial charge in [-0.05, 0) is 49.1 Å². The maximum absolute atomic E-state index is 12.2. The van der Waals surface area contributed by atoms with Gasteiger partial charge in [0.05, 0.1) is 17.3 Å². The van der Waals surface area contributed by atoms with Crippen LogP contribution in [0.15, 0.2) is 47.4 Å². The highest BCUT2D eigenvalue weighted by Crippen LogP contribution is 2.32. The summed E-state index contributed by atoms with van der Waals surface area (Å²) in [5.41, 5.74) is 3.16. The number of benzene rings is 2. The van der Waals surface area contributed by atoms with Crippen LogP contribution in [-0.2, 0) is 16.4 Å². The molecule has 0 saturated carbocycles. The third-order valence-corrected chi connectivity index (χ3v) is 6.21. The molecule has 1 aliphatic rings. The summed E-state index contributed by atoms with van der Waals surface area (Å²) in [7, 11) is -3.13. The van der Waals surface area contributed by atoms with Crippen LogP contribution in [0.4, 0.5) is 0 Å². The number of nitrogens with one attached hydrogen (secondary N) is 1. The van der Waals surface area contributed by atoms with E-state index in [2.05, 4.69) is 17.4 Å². The van der Waals surface area contributed by atoms with Gasteiger partial charge in [-0.3, -0.25) is 0 Å². The van der Waals surface area contributed by atoms with Gasteiger partial charge < -0.3 is 10.1 Å². The first-order valence-electron chi connectivity index (χ1n) is 8.28. The highest BCUT2D eigenvalue weighted by Gasteiger charge is 2.29. The largest absolute Gasteiger partial charge is 0.494 e. The number of hydrogen-bond donors (Lipinski definition) is 1. The zero-order valence-electron chi connectivity index (χ0n) is 14.1. The van der Waals surface area contributed by atoms with Crippen LogP contribution >= 0.6 is 0 Å². The molecule has 1 aliphatic heterocycles. The van der Waals surface area contributed by atoms with E-state index >= 15 is 0 Å². The zero-order chi connectivity index (χ0) is 17.2. The van der Waals surface area contributed by atoms with Gasteiger partial charge in [-0.2, -0.15) is 0 Å². The third-order valence-electron chi connectivity index (χ3n) is 4.40. The van der Waals surface area contributed by atoms with Crippen LogP contribution < -0.4 is 10.1 Å². The molecule has 128 valence electrons. The Labute approximate surface area is 143 Å². The van der Waals surface area contributed by atoms with E-state index in [-0.39, 0.29) is 11.8 Å². The fraction of sp³-hybridized carbons (Fsp3) is 0.368. The molecule has 1 heterocycles. The summed E-state index contributed by atoms with van der Waals surface area (Å²) in [6.45, 7) is 5.37. The van der Waals surface area contributed by atoms with E-state index in [1.54, 1.807) is 12.1 Å². The highest BCUT2D eigenvalue weighted by atomic mass is 32.2. The van der Waals surface area contributed by atoms with E-state index < -0.39 is 9.84 Å². The molecule has 2 aromatic carbocycles. The molecule has 0 fully saturated rings. The second kappa shape index (κ2) is 6.95. The fourth-order valence-corrected chi connectivity index (χ4v) is 4.80. The first kappa shape index (κ1) is 17.0. The lowest BCUT2D eigenvalue weighted by molar-refractivity contribution is 0.337. The summed E-state index contributed by atoms with van der Waals surface area (Å²) in [5, 5.41) is 3.51. The lowest BCUT2D eigenvalue weighted by Crippen LogP contribution is -2.29. The predicted octanol–water partition coefficient (Wildman–Crippen LogP) is 3.40. The monoisotopic (exact) mass is 345 g/mol. The summed E-state index contributed by atoms with van der Waals surface area (Å²) in [4.78, 5) is 0.469. The van der Waals surface area contributed by atoms with Crippen molar-refractivity contribution in [2.45, 2.75) is 37.8 Å². The molecule has 0 amide bonds. The smallest absolute Gasteiger partial charge is 0.178 e. The molecule has 1 N–H and O–H groups in total. The first-order chi connectivity index (χ1) is 11.5. The minimum atomic E-state index is -3.13. The van der Waals surface area contributed by atoms with Gasteiger partial charge in [0.1, 0.15) is 5.75 Å². The maximum Gasteiger partial charge on any atom is 0.178 e. The quantitative estimate of drug-likeness (QED) is 0.902. The Hall–Kier alpha value is -1.85. The zero-order valence-corrected chi connectivity index (χ0v) is 14.9. The van der Waals surface area contributed by atoms with Crippen LogP contribution in [-0.4, -0.2) is 20.8 Å². The Morgan fingerprint density at radius 2 is 2.00 bits per heavy atom. The highest BCUT2D eigenvalue weighted by molar-refractivity contribution is 7.91. The number of fused-ring (bicyclic) bond motifs is 1. The topological polar surface area (TPSA) is 55.4 Å². The van der Waals surface area contributed by atoms with Crippen LogP contribution in [0.1, 0.15) is 36.1 Å². The van der Waals surface area contributed by atoms with Gasteiger partial charge in [-0.15, -0.1) is 0 Å². The molecule has 0 spiro atoms. The number of aryl methyl sites for hydroxylation is 1. The van der Waals surface area contributed by atoms with Gasteiger partial charge in [-0.25, -0.2) is 8.42 Å². The minimum absolute atomic E-state index is 0.0663. The Bertz CT molecular complexity index is 830. The molecule has 0 unspecified atom stereocenters. The summed E-state index contributed by atoms with van der Waals surface area (Å²) in [5.74, 6) is 1.11. The predicted molar refractivity (Wildman–Crippen MR) is 95.0 cm³/mol. The van der Waals surface area contributed by atoms with Gasteiger partial charge >= 0.3 is 0 Å². The Kier molecular flexibility index (Phi) is 4.92. The number of sulfone groups is 1. The molecular formula is C19H23NO3S. The lowest BCUT2D eigenvalue weighted by Gasteiger charge is -2.26. The van der Waals surface area contributed by atoms with Crippen molar-refractivity contribution < 1.29 is 13.2 Å². The van der Waals surface area contributed by atoms with Crippen molar-refractivity contribution >= 4 is 9.84 Å². The third kappa shape index (κ3) is 3.47. The number of hydrogen-bond acceptors (Lipinski definition) is 4. The Morgan fingerprint density at radius 3 is 2.75 bits per heavy atom. The molecule has 24 heavy (non-hydrogen) atoms. The molecular weight excluding hydrogens is 322 g/mol. The molecule has 0 aromatic heterocycles. The fourth-order valence-electron chi connectivity index (χ4n) is 3.18. The number of ether oxygens (including phenoxy) is 1. The van der Waals surface area contributed by atoms with Gasteiger partial charge in [0.25, 0.3) is 0 Å². The Morgan fingerprint density at radius 1 is 1.21 bits per heavy atom. The standard InChI is InChI=1S/C19H23NO3S/c1-3-23-18-9-8-15(12-14(18)2)13-20-17-10-11-24(21,22)19-7-5-4-6-16(17)19/h4-9,12,17,20H,3,10-11,13H2,1-2H3/t17-/m0/s1. The van der Waals surface area contributed by atoms with E-state index in [1.165, 1.54) is 5.56 Å². The van der Waals surface area contributed by atoms with Crippen molar-refractivity contribution in [3.8, 4) is 5.75 Å². The second-order valence-corrected chi connectivity index (χ2v) is 8.19. The van der Waals surface area contributed by atoms with E-state index in [1.807, 2.05) is 32.0 Å². The summed E-state index contributed by atoms with van der Waals surface area (Å²) in [6.07, 6.45) is 0.607. The minimum Gasteiger partial charge on any atom is -0.494 e. The summed E-state index contributed by atoms with van der Waals surface area (Å²) in [6, 6.07) is 13.5. The molecule has 3 rings (SSSR count). The number of rotatable bonds is 5. The molecule has 1 atom stereocenters. The van der Waals surface area contributed by atoms with Crippen LogP contribution in [0.5, 0.6) is 5.75 Å². The van der Waals surface area contributed by atoms with Crippen molar-refractivity contribution in [3.63, 3.8) is 0 Å². The van der Waals surface area contributed by atoms with Crippen molar-refractivity contribution in [1.82, 2.24) is 5.32 Å². The van der Waals surface area contributed by atoms with E-state index in [0.29, 0.717) is 24.5 Å². The molecule has 2 aromatic rings. The van der Waals surface area contributed by atoms with E-state index in [9.17, 15) is 8.42 Å². The van der Waals surface area contributed by atoms with Crippen molar-refractivity contribution in [1.29, 1.82) is 0 Å². The van der Waals surface area contributed by atoms with Crippen LogP contribution in [0.2, 0.25) is 0 Å². The van der Waals surface area contributed by atoms with E-state index in [0.717, 1.165) is 16.9 Å². The molecule has 0 saturated heterocycles. The van der Waals surface area contributed by atoms with Crippen LogP contribution in [0.3, 0.4) is 0 Å². The van der Waals surface area contributed by atoms with Crippen LogP contribution in [0, 0.1) is 6.92 Å². The van der Waals surface area contributed by atoms with Gasteiger partial charge in [0, 0.05) is 12.6 Å². The second-order valence-electron chi connectivity index (χ2n) is 6.11. The average molecular weight is 345 g/mol. The molecule has 0 aliphatic carbocycles. The van der Waals surface area contributed by atoms with Crippen molar-refractivity contribution in [3.05, 3.63) is 59.2 Å². The molecule has 5 heteroatoms. The molecule has 0 bridgehead atoms.